The van der Waals surface area contributed by atoms with Crippen molar-refractivity contribution in [1.29, 1.82) is 0 Å². The van der Waals surface area contributed by atoms with Crippen LogP contribution < -0.4 is 10.5 Å². The van der Waals surface area contributed by atoms with E-state index in [1.807, 2.05) is 31.2 Å². The summed E-state index contributed by atoms with van der Waals surface area (Å²) in [7, 11) is 1.61. The van der Waals surface area contributed by atoms with Gasteiger partial charge in [-0.25, -0.2) is 9.97 Å². The molecule has 0 saturated carbocycles. The lowest BCUT2D eigenvalue weighted by molar-refractivity contribution is 0.417. The van der Waals surface area contributed by atoms with Gasteiger partial charge in [0.1, 0.15) is 12.1 Å². The van der Waals surface area contributed by atoms with Crippen LogP contribution in [0.3, 0.4) is 0 Å². The highest BCUT2D eigenvalue weighted by atomic mass is 16.5. The summed E-state index contributed by atoms with van der Waals surface area (Å²) < 4.78 is 5.12. The molecule has 0 bridgehead atoms. The Kier molecular flexibility index (Phi) is 3.23. The van der Waals surface area contributed by atoms with Gasteiger partial charge < -0.3 is 10.5 Å². The monoisotopic (exact) mass is 229 g/mol. The van der Waals surface area contributed by atoms with Crippen LogP contribution in [0.15, 0.2) is 30.6 Å². The molecule has 0 aliphatic rings. The number of nitrogens with two attached hydrogens (primary N) is 1. The SMILES string of the molecule is COc1ccc(Cc2cc(C)ncn2)cc1N. The molecule has 4 nitrogen and oxygen atoms in total. The molecule has 0 saturated heterocycles. The lowest BCUT2D eigenvalue weighted by Crippen LogP contribution is -1.97. The molecule has 1 aromatic heterocycles. The van der Waals surface area contributed by atoms with E-state index in [2.05, 4.69) is 9.97 Å². The standard InChI is InChI=1S/C13H15N3O/c1-9-5-11(16-8-15-9)6-10-3-4-13(17-2)12(14)7-10/h3-5,7-8H,6,14H2,1-2H3. The van der Waals surface area contributed by atoms with Crippen LogP contribution in [0.1, 0.15) is 17.0 Å². The molecule has 0 atom stereocenters. The molecular formula is C13H15N3O. The minimum Gasteiger partial charge on any atom is -0.495 e. The zero-order valence-corrected chi connectivity index (χ0v) is 9.97. The van der Waals surface area contributed by atoms with Gasteiger partial charge in [-0.2, -0.15) is 0 Å². The van der Waals surface area contributed by atoms with E-state index in [1.165, 1.54) is 0 Å². The van der Waals surface area contributed by atoms with Gasteiger partial charge in [0, 0.05) is 17.8 Å². The molecular weight excluding hydrogens is 214 g/mol. The summed E-state index contributed by atoms with van der Waals surface area (Å²) >= 11 is 0. The van der Waals surface area contributed by atoms with Crippen molar-refractivity contribution in [3.8, 4) is 5.75 Å². The van der Waals surface area contributed by atoms with Crippen molar-refractivity contribution in [2.24, 2.45) is 0 Å². The van der Waals surface area contributed by atoms with Gasteiger partial charge in [0.25, 0.3) is 0 Å². The number of anilines is 1. The topological polar surface area (TPSA) is 61.0 Å². The third kappa shape index (κ3) is 2.72. The van der Waals surface area contributed by atoms with Crippen molar-refractivity contribution in [3.05, 3.63) is 47.5 Å². The number of methoxy groups -OCH3 is 1. The summed E-state index contributed by atoms with van der Waals surface area (Å²) in [5.41, 5.74) is 9.58. The largest absolute Gasteiger partial charge is 0.495 e. The van der Waals surface area contributed by atoms with Gasteiger partial charge in [0.15, 0.2) is 0 Å². The van der Waals surface area contributed by atoms with E-state index in [9.17, 15) is 0 Å². The zero-order valence-electron chi connectivity index (χ0n) is 9.97. The molecule has 0 aliphatic carbocycles. The van der Waals surface area contributed by atoms with Gasteiger partial charge in [0.05, 0.1) is 12.8 Å². The zero-order chi connectivity index (χ0) is 12.3. The number of aromatic nitrogens is 2. The number of rotatable bonds is 3. The maximum atomic E-state index is 5.86. The Morgan fingerprint density at radius 3 is 2.71 bits per heavy atom. The highest BCUT2D eigenvalue weighted by Crippen LogP contribution is 2.22. The summed E-state index contributed by atoms with van der Waals surface area (Å²) in [6.07, 6.45) is 2.33. The molecule has 0 radical (unpaired) electrons. The van der Waals surface area contributed by atoms with Gasteiger partial charge in [-0.1, -0.05) is 6.07 Å². The van der Waals surface area contributed by atoms with Gasteiger partial charge in [-0.15, -0.1) is 0 Å². The molecule has 2 rings (SSSR count). The third-order valence-corrected chi connectivity index (χ3v) is 2.54. The molecule has 17 heavy (non-hydrogen) atoms. The summed E-state index contributed by atoms with van der Waals surface area (Å²) in [5, 5.41) is 0. The lowest BCUT2D eigenvalue weighted by atomic mass is 10.1. The van der Waals surface area contributed by atoms with Gasteiger partial charge >= 0.3 is 0 Å². The van der Waals surface area contributed by atoms with Crippen molar-refractivity contribution in [2.45, 2.75) is 13.3 Å². The summed E-state index contributed by atoms with van der Waals surface area (Å²) in [4.78, 5) is 8.29. The molecule has 88 valence electrons. The number of nitrogen functional groups attached to an aromatic ring is 1. The highest BCUT2D eigenvalue weighted by Gasteiger charge is 2.03. The molecule has 0 fully saturated rings. The van der Waals surface area contributed by atoms with E-state index in [0.29, 0.717) is 11.4 Å². The average Bonchev–Trinajstić information content (AvgIpc) is 2.29. The predicted octanol–water partition coefficient (Wildman–Crippen LogP) is 1.97. The third-order valence-electron chi connectivity index (χ3n) is 2.54. The maximum absolute atomic E-state index is 5.86. The Hall–Kier alpha value is -2.10. The Morgan fingerprint density at radius 2 is 2.06 bits per heavy atom. The molecule has 0 unspecified atom stereocenters. The first-order valence-corrected chi connectivity index (χ1v) is 5.39. The summed E-state index contributed by atoms with van der Waals surface area (Å²) in [5.74, 6) is 0.701. The fourth-order valence-corrected chi connectivity index (χ4v) is 1.71. The minimum absolute atomic E-state index is 0.649. The minimum atomic E-state index is 0.649. The molecule has 2 N–H and O–H groups in total. The van der Waals surface area contributed by atoms with Crippen LogP contribution in [0, 0.1) is 6.92 Å². The van der Waals surface area contributed by atoms with E-state index in [4.69, 9.17) is 10.5 Å². The van der Waals surface area contributed by atoms with Crippen molar-refractivity contribution in [3.63, 3.8) is 0 Å². The molecule has 0 aliphatic heterocycles. The first-order valence-electron chi connectivity index (χ1n) is 5.39. The second kappa shape index (κ2) is 4.82. The van der Waals surface area contributed by atoms with E-state index in [1.54, 1.807) is 13.4 Å². The van der Waals surface area contributed by atoms with Crippen molar-refractivity contribution < 1.29 is 4.74 Å². The lowest BCUT2D eigenvalue weighted by Gasteiger charge is -2.07. The maximum Gasteiger partial charge on any atom is 0.141 e. The molecule has 0 amide bonds. The van der Waals surface area contributed by atoms with Gasteiger partial charge in [-0.3, -0.25) is 0 Å². The normalized spacial score (nSPS) is 10.2. The second-order valence-electron chi connectivity index (χ2n) is 3.90. The van der Waals surface area contributed by atoms with Crippen LogP contribution in [0.5, 0.6) is 5.75 Å². The summed E-state index contributed by atoms with van der Waals surface area (Å²) in [6.45, 7) is 1.95. The van der Waals surface area contributed by atoms with Crippen LogP contribution >= 0.6 is 0 Å². The quantitative estimate of drug-likeness (QED) is 0.817. The van der Waals surface area contributed by atoms with Crippen LogP contribution in [-0.2, 0) is 6.42 Å². The number of hydrogen-bond acceptors (Lipinski definition) is 4. The predicted molar refractivity (Wildman–Crippen MR) is 67.0 cm³/mol. The average molecular weight is 229 g/mol. The fourth-order valence-electron chi connectivity index (χ4n) is 1.71. The number of nitrogens with zero attached hydrogens (tertiary/aromatic N) is 2. The van der Waals surface area contributed by atoms with Crippen LogP contribution in [-0.4, -0.2) is 17.1 Å². The molecule has 0 spiro atoms. The van der Waals surface area contributed by atoms with Gasteiger partial charge in [0.2, 0.25) is 0 Å². The van der Waals surface area contributed by atoms with Gasteiger partial charge in [-0.05, 0) is 30.7 Å². The number of ether oxygens (including phenoxy) is 1. The molecule has 1 heterocycles. The Morgan fingerprint density at radius 1 is 1.24 bits per heavy atom. The Bertz CT molecular complexity index is 526. The van der Waals surface area contributed by atoms with Crippen LogP contribution in [0.25, 0.3) is 0 Å². The first kappa shape index (κ1) is 11.4. The number of hydrogen-bond donors (Lipinski definition) is 1. The van der Waals surface area contributed by atoms with Crippen molar-refractivity contribution >= 4 is 5.69 Å². The van der Waals surface area contributed by atoms with E-state index < -0.39 is 0 Å². The van der Waals surface area contributed by atoms with Crippen LogP contribution in [0.4, 0.5) is 5.69 Å². The smallest absolute Gasteiger partial charge is 0.141 e. The first-order chi connectivity index (χ1) is 8.19. The molecule has 4 heteroatoms. The van der Waals surface area contributed by atoms with E-state index in [0.717, 1.165) is 23.4 Å². The Labute approximate surface area is 100 Å². The van der Waals surface area contributed by atoms with Crippen molar-refractivity contribution in [1.82, 2.24) is 9.97 Å². The Balaban J connectivity index is 2.22. The fraction of sp³-hybridized carbons (Fsp3) is 0.231. The van der Waals surface area contributed by atoms with Crippen molar-refractivity contribution in [2.75, 3.05) is 12.8 Å². The highest BCUT2D eigenvalue weighted by molar-refractivity contribution is 5.54. The molecule has 2 aromatic rings. The van der Waals surface area contributed by atoms with E-state index in [-0.39, 0.29) is 0 Å². The van der Waals surface area contributed by atoms with E-state index >= 15 is 0 Å². The number of aryl methyl sites for hydroxylation is 1. The summed E-state index contributed by atoms with van der Waals surface area (Å²) in [6, 6.07) is 7.75. The van der Waals surface area contributed by atoms with Crippen LogP contribution in [0.2, 0.25) is 0 Å². The molecule has 1 aromatic carbocycles. The number of benzene rings is 1. The second-order valence-corrected chi connectivity index (χ2v) is 3.90.